The van der Waals surface area contributed by atoms with E-state index in [-0.39, 0.29) is 5.41 Å². The summed E-state index contributed by atoms with van der Waals surface area (Å²) in [5.41, 5.74) is 0.209. The maximum Gasteiger partial charge on any atom is 0.0776 e. The Morgan fingerprint density at radius 3 is 2.35 bits per heavy atom. The largest absolute Gasteiger partial charge is 0.376 e. The van der Waals surface area contributed by atoms with E-state index < -0.39 is 0 Å². The molecule has 0 aliphatic heterocycles. The van der Waals surface area contributed by atoms with Crippen LogP contribution in [0, 0.1) is 23.2 Å². The van der Waals surface area contributed by atoms with Crippen LogP contribution in [0.1, 0.15) is 66.7 Å². The topological polar surface area (TPSA) is 21.3 Å². The lowest BCUT2D eigenvalue weighted by Crippen LogP contribution is -2.49. The van der Waals surface area contributed by atoms with Crippen molar-refractivity contribution >= 4 is 0 Å². The second-order valence-electron chi connectivity index (χ2n) is 8.08. The maximum absolute atomic E-state index is 6.15. The summed E-state index contributed by atoms with van der Waals surface area (Å²) >= 11 is 0. The van der Waals surface area contributed by atoms with Gasteiger partial charge in [0, 0.05) is 12.6 Å². The molecule has 2 aliphatic rings. The Balaban J connectivity index is 2.00. The van der Waals surface area contributed by atoms with E-state index in [1.54, 1.807) is 0 Å². The Labute approximate surface area is 126 Å². The van der Waals surface area contributed by atoms with Crippen LogP contribution >= 0.6 is 0 Å². The second-order valence-corrected chi connectivity index (χ2v) is 8.08. The van der Waals surface area contributed by atoms with Crippen LogP contribution in [0.5, 0.6) is 0 Å². The molecule has 1 N–H and O–H groups in total. The van der Waals surface area contributed by atoms with E-state index in [0.717, 1.165) is 30.9 Å². The van der Waals surface area contributed by atoms with Gasteiger partial charge in [0.15, 0.2) is 0 Å². The molecule has 0 saturated heterocycles. The van der Waals surface area contributed by atoms with Gasteiger partial charge in [-0.2, -0.15) is 0 Å². The third kappa shape index (κ3) is 3.76. The second kappa shape index (κ2) is 6.79. The van der Waals surface area contributed by atoms with Crippen LogP contribution in [0.4, 0.5) is 0 Å². The number of nitrogens with one attached hydrogen (secondary N) is 1. The van der Waals surface area contributed by atoms with Crippen LogP contribution in [-0.2, 0) is 4.74 Å². The van der Waals surface area contributed by atoms with Crippen molar-refractivity contribution in [3.8, 4) is 0 Å². The summed E-state index contributed by atoms with van der Waals surface area (Å²) in [6, 6.07) is 0.518. The molecular formula is C18H35NO. The number of rotatable bonds is 7. The highest BCUT2D eigenvalue weighted by molar-refractivity contribution is 4.95. The molecular weight excluding hydrogens is 246 g/mol. The lowest BCUT2D eigenvalue weighted by molar-refractivity contribution is -0.0417. The van der Waals surface area contributed by atoms with E-state index in [2.05, 4.69) is 39.9 Å². The molecule has 0 aromatic heterocycles. The first kappa shape index (κ1) is 16.3. The van der Waals surface area contributed by atoms with Gasteiger partial charge >= 0.3 is 0 Å². The minimum absolute atomic E-state index is 0.209. The molecule has 20 heavy (non-hydrogen) atoms. The van der Waals surface area contributed by atoms with Crippen LogP contribution in [0.3, 0.4) is 0 Å². The standard InChI is InChI=1S/C18H35NO/c1-6-19-16(17(20-7-2)18(3,4)5)12-15-11-13-8-9-14(15)10-13/h13-17,19H,6-12H2,1-5H3. The maximum atomic E-state index is 6.15. The van der Waals surface area contributed by atoms with Gasteiger partial charge in [0.1, 0.15) is 0 Å². The smallest absolute Gasteiger partial charge is 0.0776 e. The molecule has 0 aromatic rings. The van der Waals surface area contributed by atoms with E-state index in [0.29, 0.717) is 12.1 Å². The number of hydrogen-bond acceptors (Lipinski definition) is 2. The third-order valence-corrected chi connectivity index (χ3v) is 5.47. The van der Waals surface area contributed by atoms with Crippen LogP contribution in [0.15, 0.2) is 0 Å². The van der Waals surface area contributed by atoms with Gasteiger partial charge in [-0.05, 0) is 62.3 Å². The van der Waals surface area contributed by atoms with E-state index in [4.69, 9.17) is 4.74 Å². The van der Waals surface area contributed by atoms with E-state index in [9.17, 15) is 0 Å². The Bertz CT molecular complexity index is 296. The molecule has 2 rings (SSSR count). The zero-order valence-corrected chi connectivity index (χ0v) is 14.2. The molecule has 0 amide bonds. The van der Waals surface area contributed by atoms with Crippen molar-refractivity contribution in [2.75, 3.05) is 13.2 Å². The van der Waals surface area contributed by atoms with Crippen molar-refractivity contribution in [1.29, 1.82) is 0 Å². The molecule has 0 radical (unpaired) electrons. The summed E-state index contributed by atoms with van der Waals surface area (Å²) in [5.74, 6) is 3.01. The summed E-state index contributed by atoms with van der Waals surface area (Å²) in [6.07, 6.45) is 7.63. The predicted molar refractivity (Wildman–Crippen MR) is 85.9 cm³/mol. The minimum Gasteiger partial charge on any atom is -0.376 e. The van der Waals surface area contributed by atoms with Crippen LogP contribution in [0.2, 0.25) is 0 Å². The fraction of sp³-hybridized carbons (Fsp3) is 1.00. The predicted octanol–water partition coefficient (Wildman–Crippen LogP) is 4.24. The van der Waals surface area contributed by atoms with Crippen molar-refractivity contribution in [3.05, 3.63) is 0 Å². The normalized spacial score (nSPS) is 32.5. The molecule has 2 saturated carbocycles. The van der Waals surface area contributed by atoms with Gasteiger partial charge in [0.25, 0.3) is 0 Å². The zero-order valence-electron chi connectivity index (χ0n) is 14.2. The SMILES string of the molecule is CCNC(CC1CC2CCC1C2)C(OCC)C(C)(C)C. The minimum atomic E-state index is 0.209. The van der Waals surface area contributed by atoms with Crippen LogP contribution < -0.4 is 5.32 Å². The van der Waals surface area contributed by atoms with Crippen LogP contribution in [0.25, 0.3) is 0 Å². The average molecular weight is 281 g/mol. The highest BCUT2D eigenvalue weighted by Crippen LogP contribution is 2.50. The third-order valence-electron chi connectivity index (χ3n) is 5.47. The molecule has 0 heterocycles. The molecule has 5 unspecified atom stereocenters. The molecule has 2 bridgehead atoms. The van der Waals surface area contributed by atoms with Gasteiger partial charge in [0.05, 0.1) is 6.10 Å². The Morgan fingerprint density at radius 2 is 1.90 bits per heavy atom. The summed E-state index contributed by atoms with van der Waals surface area (Å²) < 4.78 is 6.15. The Hall–Kier alpha value is -0.0800. The van der Waals surface area contributed by atoms with E-state index in [1.807, 2.05) is 0 Å². The van der Waals surface area contributed by atoms with Crippen molar-refractivity contribution in [3.63, 3.8) is 0 Å². The van der Waals surface area contributed by atoms with Gasteiger partial charge in [-0.1, -0.05) is 34.1 Å². The average Bonchev–Trinajstić information content (AvgIpc) is 2.96. The zero-order chi connectivity index (χ0) is 14.8. The van der Waals surface area contributed by atoms with Gasteiger partial charge < -0.3 is 10.1 Å². The first-order chi connectivity index (χ1) is 9.45. The lowest BCUT2D eigenvalue weighted by Gasteiger charge is -2.39. The number of ether oxygens (including phenoxy) is 1. The number of fused-ring (bicyclic) bond motifs is 2. The highest BCUT2D eigenvalue weighted by atomic mass is 16.5. The van der Waals surface area contributed by atoms with Crippen molar-refractivity contribution in [2.45, 2.75) is 78.9 Å². The molecule has 118 valence electrons. The number of hydrogen-bond donors (Lipinski definition) is 1. The quantitative estimate of drug-likeness (QED) is 0.753. The fourth-order valence-electron chi connectivity index (χ4n) is 4.72. The molecule has 0 spiro atoms. The number of likely N-dealkylation sites (N-methyl/N-ethyl adjacent to an activating group) is 1. The summed E-state index contributed by atoms with van der Waals surface area (Å²) in [7, 11) is 0. The molecule has 2 heteroatoms. The van der Waals surface area contributed by atoms with Gasteiger partial charge in [0.2, 0.25) is 0 Å². The fourth-order valence-corrected chi connectivity index (χ4v) is 4.72. The molecule has 5 atom stereocenters. The van der Waals surface area contributed by atoms with Crippen LogP contribution in [-0.4, -0.2) is 25.3 Å². The van der Waals surface area contributed by atoms with E-state index >= 15 is 0 Å². The van der Waals surface area contributed by atoms with Gasteiger partial charge in [-0.25, -0.2) is 0 Å². The lowest BCUT2D eigenvalue weighted by atomic mass is 9.77. The van der Waals surface area contributed by atoms with Crippen molar-refractivity contribution in [2.24, 2.45) is 23.2 Å². The van der Waals surface area contributed by atoms with Crippen molar-refractivity contribution < 1.29 is 4.74 Å². The summed E-state index contributed by atoms with van der Waals surface area (Å²) in [5, 5.41) is 3.74. The first-order valence-corrected chi connectivity index (χ1v) is 8.80. The summed E-state index contributed by atoms with van der Waals surface area (Å²) in [6.45, 7) is 13.2. The molecule has 0 aromatic carbocycles. The highest BCUT2D eigenvalue weighted by Gasteiger charge is 2.42. The van der Waals surface area contributed by atoms with E-state index in [1.165, 1.54) is 32.1 Å². The first-order valence-electron chi connectivity index (χ1n) is 8.80. The van der Waals surface area contributed by atoms with Crippen molar-refractivity contribution in [1.82, 2.24) is 5.32 Å². The van der Waals surface area contributed by atoms with Gasteiger partial charge in [-0.15, -0.1) is 0 Å². The molecule has 2 nitrogen and oxygen atoms in total. The monoisotopic (exact) mass is 281 g/mol. The molecule has 2 aliphatic carbocycles. The Kier molecular flexibility index (Phi) is 5.53. The summed E-state index contributed by atoms with van der Waals surface area (Å²) in [4.78, 5) is 0. The van der Waals surface area contributed by atoms with Gasteiger partial charge in [-0.3, -0.25) is 0 Å². The molecule has 2 fully saturated rings. The Morgan fingerprint density at radius 1 is 1.15 bits per heavy atom.